The maximum absolute atomic E-state index is 12.7. The smallest absolute Gasteiger partial charge is 0.322 e. The zero-order valence-corrected chi connectivity index (χ0v) is 19.4. The number of amides is 3. The van der Waals surface area contributed by atoms with Crippen molar-refractivity contribution >= 4 is 17.6 Å². The average Bonchev–Trinajstić information content (AvgIpc) is 3.17. The molecule has 4 heterocycles. The van der Waals surface area contributed by atoms with Gasteiger partial charge in [-0.2, -0.15) is 0 Å². The summed E-state index contributed by atoms with van der Waals surface area (Å²) in [4.78, 5) is 35.5. The summed E-state index contributed by atoms with van der Waals surface area (Å²) in [6.07, 6.45) is 5.33. The Balaban J connectivity index is 1.20. The van der Waals surface area contributed by atoms with Crippen molar-refractivity contribution in [1.82, 2.24) is 24.8 Å². The molecule has 3 amide bonds. The maximum Gasteiger partial charge on any atom is 0.322 e. The highest BCUT2D eigenvalue weighted by Crippen LogP contribution is 2.19. The van der Waals surface area contributed by atoms with Gasteiger partial charge in [0, 0.05) is 51.7 Å². The first-order valence-electron chi connectivity index (χ1n) is 11.5. The summed E-state index contributed by atoms with van der Waals surface area (Å²) >= 11 is 0. The van der Waals surface area contributed by atoms with Gasteiger partial charge >= 0.3 is 6.03 Å². The first kappa shape index (κ1) is 23.2. The van der Waals surface area contributed by atoms with Crippen LogP contribution in [-0.2, 0) is 11.2 Å². The van der Waals surface area contributed by atoms with Crippen LogP contribution in [0.1, 0.15) is 33.8 Å². The Morgan fingerprint density at radius 1 is 1.03 bits per heavy atom. The number of aryl methyl sites for hydroxylation is 3. The van der Waals surface area contributed by atoms with Crippen LogP contribution < -0.4 is 5.32 Å². The first-order valence-corrected chi connectivity index (χ1v) is 11.5. The molecular weight excluding hydrogens is 424 g/mol. The van der Waals surface area contributed by atoms with Crippen molar-refractivity contribution in [3.8, 4) is 0 Å². The van der Waals surface area contributed by atoms with Crippen LogP contribution in [0.2, 0.25) is 0 Å². The lowest BCUT2D eigenvalue weighted by molar-refractivity contribution is 0.0302. The molecule has 10 nitrogen and oxygen atoms in total. The number of carbonyl (C=O) groups excluding carboxylic acids is 2. The molecule has 0 unspecified atom stereocenters. The number of urea groups is 1. The Bertz CT molecular complexity index is 944. The van der Waals surface area contributed by atoms with E-state index >= 15 is 0 Å². The Labute approximate surface area is 193 Å². The fraction of sp³-hybridized carbons (Fsp3) is 0.565. The van der Waals surface area contributed by atoms with Gasteiger partial charge in [0.15, 0.2) is 5.76 Å². The number of nitrogens with one attached hydrogen (secondary N) is 1. The molecule has 2 aliphatic rings. The van der Waals surface area contributed by atoms with E-state index in [0.717, 1.165) is 38.0 Å². The van der Waals surface area contributed by atoms with Gasteiger partial charge in [0.05, 0.1) is 18.8 Å². The lowest BCUT2D eigenvalue weighted by Gasteiger charge is -2.34. The van der Waals surface area contributed by atoms with Crippen LogP contribution in [0.5, 0.6) is 0 Å². The number of hydrogen-bond donors (Lipinski definition) is 1. The molecule has 2 saturated heterocycles. The number of ether oxygens (including phenoxy) is 1. The summed E-state index contributed by atoms with van der Waals surface area (Å²) in [5.41, 5.74) is 3.06. The Morgan fingerprint density at radius 2 is 1.79 bits per heavy atom. The lowest BCUT2D eigenvalue weighted by Crippen LogP contribution is -2.50. The van der Waals surface area contributed by atoms with Gasteiger partial charge in [0.25, 0.3) is 5.91 Å². The summed E-state index contributed by atoms with van der Waals surface area (Å²) < 4.78 is 10.4. The molecule has 2 aromatic heterocycles. The van der Waals surface area contributed by atoms with Crippen LogP contribution in [0.3, 0.4) is 0 Å². The van der Waals surface area contributed by atoms with E-state index < -0.39 is 0 Å². The first-order chi connectivity index (χ1) is 16.0. The Kier molecular flexibility index (Phi) is 7.56. The molecule has 0 radical (unpaired) electrons. The molecule has 0 saturated carbocycles. The molecular formula is C23H32N6O4. The molecule has 1 N–H and O–H groups in total. The maximum atomic E-state index is 12.7. The topological polar surface area (TPSA) is 104 Å². The molecule has 0 bridgehead atoms. The van der Waals surface area contributed by atoms with Gasteiger partial charge in [-0.05, 0) is 44.9 Å². The summed E-state index contributed by atoms with van der Waals surface area (Å²) in [6.45, 7) is 10.0. The minimum Gasteiger partial charge on any atom is -0.378 e. The number of rotatable bonds is 6. The van der Waals surface area contributed by atoms with E-state index in [4.69, 9.17) is 9.26 Å². The molecule has 10 heteroatoms. The van der Waals surface area contributed by atoms with Crippen molar-refractivity contribution in [3.05, 3.63) is 41.0 Å². The molecule has 0 aromatic carbocycles. The van der Waals surface area contributed by atoms with E-state index in [-0.39, 0.29) is 11.9 Å². The standard InChI is InChI=1S/C23H32N6O4/c1-17-21(18(2)33-26-17)25-23(31)29-8-6-27(7-9-29)5-3-4-19-14-20(16-24-15-19)22(30)28-10-12-32-13-11-28/h14-16H,3-13H2,1-2H3,(H,25,31). The number of nitrogens with zero attached hydrogens (tertiary/aromatic N) is 5. The van der Waals surface area contributed by atoms with Crippen molar-refractivity contribution in [3.63, 3.8) is 0 Å². The third-order valence-electron chi connectivity index (χ3n) is 6.20. The molecule has 0 aliphatic carbocycles. The van der Waals surface area contributed by atoms with Gasteiger partial charge in [0.1, 0.15) is 11.4 Å². The van der Waals surface area contributed by atoms with E-state index in [0.29, 0.717) is 62.1 Å². The Morgan fingerprint density at radius 3 is 2.48 bits per heavy atom. The highest BCUT2D eigenvalue weighted by atomic mass is 16.5. The predicted molar refractivity (Wildman–Crippen MR) is 122 cm³/mol. The molecule has 4 rings (SSSR count). The third-order valence-corrected chi connectivity index (χ3v) is 6.20. The highest BCUT2D eigenvalue weighted by Gasteiger charge is 2.23. The third kappa shape index (κ3) is 5.88. The second-order valence-electron chi connectivity index (χ2n) is 8.55. The van der Waals surface area contributed by atoms with E-state index in [9.17, 15) is 9.59 Å². The van der Waals surface area contributed by atoms with Crippen molar-refractivity contribution < 1.29 is 18.8 Å². The van der Waals surface area contributed by atoms with E-state index in [1.54, 1.807) is 13.1 Å². The zero-order valence-electron chi connectivity index (χ0n) is 19.4. The molecule has 2 fully saturated rings. The summed E-state index contributed by atoms with van der Waals surface area (Å²) in [5.74, 6) is 0.642. The van der Waals surface area contributed by atoms with E-state index in [1.165, 1.54) is 0 Å². The zero-order chi connectivity index (χ0) is 23.2. The van der Waals surface area contributed by atoms with Gasteiger partial charge in [-0.1, -0.05) is 5.16 Å². The van der Waals surface area contributed by atoms with Crippen LogP contribution in [-0.4, -0.2) is 95.8 Å². The minimum absolute atomic E-state index is 0.0265. The predicted octanol–water partition coefficient (Wildman–Crippen LogP) is 1.94. The second kappa shape index (κ2) is 10.8. The molecule has 0 spiro atoms. The van der Waals surface area contributed by atoms with Gasteiger partial charge in [0.2, 0.25) is 0 Å². The molecule has 2 aromatic rings. The normalized spacial score (nSPS) is 17.3. The molecule has 33 heavy (non-hydrogen) atoms. The molecule has 0 atom stereocenters. The number of pyridine rings is 1. The van der Waals surface area contributed by atoms with Crippen molar-refractivity contribution in [2.45, 2.75) is 26.7 Å². The average molecular weight is 457 g/mol. The monoisotopic (exact) mass is 456 g/mol. The minimum atomic E-state index is -0.114. The van der Waals surface area contributed by atoms with Crippen molar-refractivity contribution in [1.29, 1.82) is 0 Å². The van der Waals surface area contributed by atoms with Crippen LogP contribution in [0.15, 0.2) is 23.0 Å². The largest absolute Gasteiger partial charge is 0.378 e. The molecule has 178 valence electrons. The van der Waals surface area contributed by atoms with Crippen LogP contribution in [0, 0.1) is 13.8 Å². The second-order valence-corrected chi connectivity index (χ2v) is 8.55. The van der Waals surface area contributed by atoms with Gasteiger partial charge in [-0.3, -0.25) is 14.7 Å². The van der Waals surface area contributed by atoms with Gasteiger partial charge in [-0.25, -0.2) is 4.79 Å². The number of anilines is 1. The number of hydrogen-bond acceptors (Lipinski definition) is 7. The summed E-state index contributed by atoms with van der Waals surface area (Å²) in [7, 11) is 0. The van der Waals surface area contributed by atoms with Crippen LogP contribution >= 0.6 is 0 Å². The van der Waals surface area contributed by atoms with Gasteiger partial charge < -0.3 is 24.4 Å². The summed E-state index contributed by atoms with van der Waals surface area (Å²) in [6, 6.07) is 1.85. The number of piperazine rings is 1. The highest BCUT2D eigenvalue weighted by molar-refractivity contribution is 5.94. The Hall–Kier alpha value is -2.98. The van der Waals surface area contributed by atoms with Crippen LogP contribution in [0.25, 0.3) is 0 Å². The van der Waals surface area contributed by atoms with E-state index in [2.05, 4.69) is 20.4 Å². The quantitative estimate of drug-likeness (QED) is 0.708. The van der Waals surface area contributed by atoms with Gasteiger partial charge in [-0.15, -0.1) is 0 Å². The lowest BCUT2D eigenvalue weighted by atomic mass is 10.1. The SMILES string of the molecule is Cc1noc(C)c1NC(=O)N1CCN(CCCc2cncc(C(=O)N3CCOCC3)c2)CC1. The summed E-state index contributed by atoms with van der Waals surface area (Å²) in [5, 5.41) is 6.79. The van der Waals surface area contributed by atoms with Crippen molar-refractivity contribution in [2.24, 2.45) is 0 Å². The van der Waals surface area contributed by atoms with Crippen molar-refractivity contribution in [2.75, 3.05) is 64.3 Å². The fourth-order valence-electron chi connectivity index (χ4n) is 4.22. The van der Waals surface area contributed by atoms with Crippen LogP contribution in [0.4, 0.5) is 10.5 Å². The fourth-order valence-corrected chi connectivity index (χ4v) is 4.22. The molecule has 2 aliphatic heterocycles. The number of morpholine rings is 1. The number of aromatic nitrogens is 2. The van der Waals surface area contributed by atoms with E-state index in [1.807, 2.05) is 29.0 Å². The number of carbonyl (C=O) groups is 2.